The average Bonchev–Trinajstić information content (AvgIpc) is 2.98. The molecule has 28 heavy (non-hydrogen) atoms. The van der Waals surface area contributed by atoms with Gasteiger partial charge in [-0.2, -0.15) is 0 Å². The highest BCUT2D eigenvalue weighted by molar-refractivity contribution is 5.98. The van der Waals surface area contributed by atoms with Gasteiger partial charge in [-0.3, -0.25) is 9.69 Å². The van der Waals surface area contributed by atoms with Crippen LogP contribution in [-0.2, 0) is 4.74 Å². The molecule has 2 heterocycles. The number of rotatable bonds is 3. The summed E-state index contributed by atoms with van der Waals surface area (Å²) in [6, 6.07) is 16.0. The molecular weight excluding hydrogens is 352 g/mol. The van der Waals surface area contributed by atoms with Gasteiger partial charge >= 0.3 is 5.97 Å². The van der Waals surface area contributed by atoms with Crippen molar-refractivity contribution < 1.29 is 14.3 Å². The van der Waals surface area contributed by atoms with Gasteiger partial charge in [0.1, 0.15) is 0 Å². The first-order valence-corrected chi connectivity index (χ1v) is 9.87. The first-order valence-electron chi connectivity index (χ1n) is 9.87. The summed E-state index contributed by atoms with van der Waals surface area (Å²) in [5.41, 5.74) is 2.92. The molecule has 2 saturated heterocycles. The molecule has 0 aromatic heterocycles. The summed E-state index contributed by atoms with van der Waals surface area (Å²) in [4.78, 5) is 29.5. The summed E-state index contributed by atoms with van der Waals surface area (Å²) >= 11 is 0. The first-order chi connectivity index (χ1) is 13.6. The Kier molecular flexibility index (Phi) is 5.18. The lowest BCUT2D eigenvalue weighted by atomic mass is 9.98. The van der Waals surface area contributed by atoms with Crippen LogP contribution >= 0.6 is 0 Å². The van der Waals surface area contributed by atoms with Gasteiger partial charge in [0.15, 0.2) is 0 Å². The second-order valence-corrected chi connectivity index (χ2v) is 7.70. The van der Waals surface area contributed by atoms with E-state index in [9.17, 15) is 9.59 Å². The monoisotopic (exact) mass is 378 g/mol. The summed E-state index contributed by atoms with van der Waals surface area (Å²) in [6.07, 6.45) is 3.47. The molecule has 4 rings (SSSR count). The van der Waals surface area contributed by atoms with Crippen molar-refractivity contribution in [3.63, 3.8) is 0 Å². The van der Waals surface area contributed by atoms with E-state index in [4.69, 9.17) is 4.74 Å². The molecule has 2 aliphatic rings. The van der Waals surface area contributed by atoms with Crippen LogP contribution < -0.4 is 0 Å². The highest BCUT2D eigenvalue weighted by Crippen LogP contribution is 2.29. The third kappa shape index (κ3) is 3.42. The Labute approximate surface area is 165 Å². The fourth-order valence-corrected chi connectivity index (χ4v) is 4.49. The topological polar surface area (TPSA) is 49.9 Å². The highest BCUT2D eigenvalue weighted by Gasteiger charge is 2.36. The van der Waals surface area contributed by atoms with Crippen molar-refractivity contribution in [3.8, 4) is 11.1 Å². The van der Waals surface area contributed by atoms with E-state index in [1.807, 2.05) is 47.4 Å². The maximum absolute atomic E-state index is 13.0. The minimum absolute atomic E-state index is 0.0914. The van der Waals surface area contributed by atoms with Crippen LogP contribution in [0.3, 0.4) is 0 Å². The second-order valence-electron chi connectivity index (χ2n) is 7.70. The summed E-state index contributed by atoms with van der Waals surface area (Å²) < 4.78 is 4.88. The van der Waals surface area contributed by atoms with Crippen LogP contribution in [0.25, 0.3) is 11.1 Å². The number of likely N-dealkylation sites (tertiary alicyclic amines) is 1. The Morgan fingerprint density at radius 3 is 2.43 bits per heavy atom. The smallest absolute Gasteiger partial charge is 0.338 e. The largest absolute Gasteiger partial charge is 0.465 e. The number of ether oxygens (including phenoxy) is 1. The van der Waals surface area contributed by atoms with E-state index >= 15 is 0 Å². The van der Waals surface area contributed by atoms with Crippen molar-refractivity contribution in [2.45, 2.75) is 31.3 Å². The minimum atomic E-state index is -0.362. The molecule has 0 unspecified atom stereocenters. The lowest BCUT2D eigenvalue weighted by molar-refractivity contribution is 0.0601. The van der Waals surface area contributed by atoms with Crippen LogP contribution in [0.4, 0.5) is 0 Å². The highest BCUT2D eigenvalue weighted by atomic mass is 16.5. The van der Waals surface area contributed by atoms with Gasteiger partial charge in [-0.25, -0.2) is 4.79 Å². The van der Waals surface area contributed by atoms with Crippen molar-refractivity contribution in [3.05, 3.63) is 59.7 Å². The molecule has 0 N–H and O–H groups in total. The van der Waals surface area contributed by atoms with Crippen molar-refractivity contribution >= 4 is 11.9 Å². The number of hydrogen-bond donors (Lipinski definition) is 0. The Morgan fingerprint density at radius 1 is 0.964 bits per heavy atom. The van der Waals surface area contributed by atoms with E-state index in [-0.39, 0.29) is 11.9 Å². The van der Waals surface area contributed by atoms with Gasteiger partial charge in [0.25, 0.3) is 5.91 Å². The van der Waals surface area contributed by atoms with Gasteiger partial charge in [0.2, 0.25) is 0 Å². The van der Waals surface area contributed by atoms with Crippen molar-refractivity contribution in [1.82, 2.24) is 9.80 Å². The molecular formula is C23H26N2O3. The molecule has 0 saturated carbocycles. The van der Waals surface area contributed by atoms with Crippen LogP contribution in [0.1, 0.15) is 40.0 Å². The maximum Gasteiger partial charge on any atom is 0.338 e. The molecule has 0 aliphatic carbocycles. The molecule has 0 spiro atoms. The van der Waals surface area contributed by atoms with Crippen molar-refractivity contribution in [2.24, 2.45) is 0 Å². The zero-order valence-electron chi connectivity index (χ0n) is 16.4. The Bertz CT molecular complexity index is 878. The van der Waals surface area contributed by atoms with Crippen LogP contribution in [0, 0.1) is 0 Å². The van der Waals surface area contributed by atoms with Gasteiger partial charge < -0.3 is 9.64 Å². The minimum Gasteiger partial charge on any atom is -0.465 e. The average molecular weight is 378 g/mol. The first kappa shape index (κ1) is 18.7. The van der Waals surface area contributed by atoms with E-state index in [0.29, 0.717) is 23.2 Å². The Balaban J connectivity index is 1.54. The molecule has 2 atom stereocenters. The number of hydrogen-bond acceptors (Lipinski definition) is 4. The summed E-state index contributed by atoms with van der Waals surface area (Å²) in [6.45, 7) is 1.62. The van der Waals surface area contributed by atoms with Crippen LogP contribution in [0.2, 0.25) is 0 Å². The standard InChI is InChI=1S/C23H26N2O3/c1-24-18-11-12-19(24)15-25(14-13-18)22(26)17-9-7-16(8-10-17)20-5-3-4-6-21(20)23(27)28-2/h3-10,18-19H,11-15H2,1-2H3/t18-,19+/m0/s1. The van der Waals surface area contributed by atoms with Gasteiger partial charge in [-0.15, -0.1) is 0 Å². The lowest BCUT2D eigenvalue weighted by Gasteiger charge is -2.26. The van der Waals surface area contributed by atoms with Gasteiger partial charge in [0.05, 0.1) is 12.7 Å². The number of carbonyl (C=O) groups excluding carboxylic acids is 2. The number of fused-ring (bicyclic) bond motifs is 2. The number of likely N-dealkylation sites (N-methyl/N-ethyl adjacent to an activating group) is 1. The van der Waals surface area contributed by atoms with Crippen LogP contribution in [0.15, 0.2) is 48.5 Å². The molecule has 5 heteroatoms. The normalized spacial score (nSPS) is 22.0. The molecule has 2 aromatic carbocycles. The van der Waals surface area contributed by atoms with E-state index < -0.39 is 0 Å². The number of benzene rings is 2. The molecule has 0 radical (unpaired) electrons. The quantitative estimate of drug-likeness (QED) is 0.768. The van der Waals surface area contributed by atoms with Crippen molar-refractivity contribution in [1.29, 1.82) is 0 Å². The van der Waals surface area contributed by atoms with Crippen LogP contribution in [0.5, 0.6) is 0 Å². The SMILES string of the molecule is COC(=O)c1ccccc1-c1ccc(C(=O)N2CC[C@@H]3CC[C@H](C2)N3C)cc1. The zero-order valence-corrected chi connectivity index (χ0v) is 16.4. The number of carbonyl (C=O) groups is 2. The molecule has 5 nitrogen and oxygen atoms in total. The predicted molar refractivity (Wildman–Crippen MR) is 108 cm³/mol. The van der Waals surface area contributed by atoms with Crippen molar-refractivity contribution in [2.75, 3.05) is 27.2 Å². The Morgan fingerprint density at radius 2 is 1.68 bits per heavy atom. The molecule has 2 aliphatic heterocycles. The third-order valence-corrected chi connectivity index (χ3v) is 6.21. The van der Waals surface area contributed by atoms with E-state index in [2.05, 4.69) is 11.9 Å². The molecule has 1 amide bonds. The third-order valence-electron chi connectivity index (χ3n) is 6.21. The molecule has 2 aromatic rings. The predicted octanol–water partition coefficient (Wildman–Crippen LogP) is 3.45. The molecule has 2 fully saturated rings. The number of nitrogens with zero attached hydrogens (tertiary/aromatic N) is 2. The van der Waals surface area contributed by atoms with Gasteiger partial charge in [-0.1, -0.05) is 30.3 Å². The van der Waals surface area contributed by atoms with E-state index in [1.165, 1.54) is 20.0 Å². The lowest BCUT2D eigenvalue weighted by Crippen LogP contribution is -2.39. The van der Waals surface area contributed by atoms with E-state index in [0.717, 1.165) is 30.6 Å². The molecule has 146 valence electrons. The van der Waals surface area contributed by atoms with Gasteiger partial charge in [0, 0.05) is 30.7 Å². The fraction of sp³-hybridized carbons (Fsp3) is 0.391. The number of methoxy groups -OCH3 is 1. The second kappa shape index (κ2) is 7.76. The Hall–Kier alpha value is -2.66. The summed E-state index contributed by atoms with van der Waals surface area (Å²) in [7, 11) is 3.57. The number of esters is 1. The molecule has 2 bridgehead atoms. The fourth-order valence-electron chi connectivity index (χ4n) is 4.49. The number of amides is 1. The van der Waals surface area contributed by atoms with Crippen LogP contribution in [-0.4, -0.2) is 61.0 Å². The maximum atomic E-state index is 13.0. The zero-order chi connectivity index (χ0) is 19.7. The summed E-state index contributed by atoms with van der Waals surface area (Å²) in [5.74, 6) is -0.270. The van der Waals surface area contributed by atoms with E-state index in [1.54, 1.807) is 6.07 Å². The van der Waals surface area contributed by atoms with Gasteiger partial charge in [-0.05, 0) is 55.6 Å². The summed E-state index contributed by atoms with van der Waals surface area (Å²) in [5, 5.41) is 0.